The number of nitriles is 1. The third-order valence-electron chi connectivity index (χ3n) is 6.98. The van der Waals surface area contributed by atoms with Crippen molar-refractivity contribution in [2.75, 3.05) is 31.8 Å². The molecule has 2 aromatic carbocycles. The number of aromatic nitrogens is 2. The lowest BCUT2D eigenvalue weighted by Gasteiger charge is -2.29. The van der Waals surface area contributed by atoms with E-state index in [9.17, 15) is 14.9 Å². The molecular weight excluding hydrogens is 546 g/mol. The number of nitrogens with one attached hydrogen (secondary N) is 1. The van der Waals surface area contributed by atoms with E-state index in [2.05, 4.69) is 21.9 Å². The standard InChI is InChI=1S/C33H39N5O5/c1-22(20-34)21-38(32(40)43-33(2,3)4)29-26-19-24(12-11-23(26)13-14-28(29)42-18-17-41-5)30-35-16-15-27(37-30)31(39)36-25-9-7-6-8-10-25/h11-16,19,25H,1,6-10,17-18,21H2,2-5H3,(H,36,39). The van der Waals surface area contributed by atoms with Crippen LogP contribution in [0, 0.1) is 11.3 Å². The van der Waals surface area contributed by atoms with Gasteiger partial charge in [-0.15, -0.1) is 0 Å². The molecule has 0 atom stereocenters. The average molecular weight is 586 g/mol. The zero-order chi connectivity index (χ0) is 31.0. The Hall–Kier alpha value is -4.49. The fraction of sp³-hybridized carbons (Fsp3) is 0.424. The minimum atomic E-state index is -0.789. The van der Waals surface area contributed by atoms with Crippen LogP contribution < -0.4 is 15.0 Å². The van der Waals surface area contributed by atoms with Crippen molar-refractivity contribution in [3.8, 4) is 23.2 Å². The van der Waals surface area contributed by atoms with Crippen LogP contribution in [0.15, 0.2) is 54.7 Å². The Morgan fingerprint density at radius 1 is 1.12 bits per heavy atom. The molecule has 1 fully saturated rings. The number of carbonyl (C=O) groups excluding carboxylic acids is 2. The summed E-state index contributed by atoms with van der Waals surface area (Å²) in [6, 6.07) is 13.0. The van der Waals surface area contributed by atoms with Gasteiger partial charge in [0.25, 0.3) is 5.91 Å². The maximum Gasteiger partial charge on any atom is 0.415 e. The number of anilines is 1. The van der Waals surface area contributed by atoms with Crippen LogP contribution in [0.2, 0.25) is 0 Å². The van der Waals surface area contributed by atoms with Gasteiger partial charge in [0.05, 0.1) is 24.9 Å². The second kappa shape index (κ2) is 14.1. The van der Waals surface area contributed by atoms with E-state index in [1.165, 1.54) is 11.3 Å². The van der Waals surface area contributed by atoms with Crippen molar-refractivity contribution in [2.45, 2.75) is 64.5 Å². The zero-order valence-corrected chi connectivity index (χ0v) is 25.3. The first-order valence-corrected chi connectivity index (χ1v) is 14.5. The number of ether oxygens (including phenoxy) is 3. The second-order valence-electron chi connectivity index (χ2n) is 11.5. The molecule has 10 nitrogen and oxygen atoms in total. The summed E-state index contributed by atoms with van der Waals surface area (Å²) >= 11 is 0. The number of methoxy groups -OCH3 is 1. The van der Waals surface area contributed by atoms with Crippen molar-refractivity contribution >= 4 is 28.5 Å². The van der Waals surface area contributed by atoms with Gasteiger partial charge in [-0.25, -0.2) is 14.8 Å². The second-order valence-corrected chi connectivity index (χ2v) is 11.5. The molecule has 1 N–H and O–H groups in total. The molecular formula is C33H39N5O5. The van der Waals surface area contributed by atoms with Crippen LogP contribution in [0.1, 0.15) is 63.4 Å². The fourth-order valence-electron chi connectivity index (χ4n) is 4.96. The highest BCUT2D eigenvalue weighted by Gasteiger charge is 2.28. The summed E-state index contributed by atoms with van der Waals surface area (Å²) in [5.74, 6) is 0.539. The van der Waals surface area contributed by atoms with Gasteiger partial charge in [0, 0.05) is 35.9 Å². The molecule has 4 rings (SSSR count). The van der Waals surface area contributed by atoms with Crippen molar-refractivity contribution in [1.82, 2.24) is 15.3 Å². The third-order valence-corrected chi connectivity index (χ3v) is 6.98. The van der Waals surface area contributed by atoms with Gasteiger partial charge in [0.15, 0.2) is 5.82 Å². The van der Waals surface area contributed by atoms with Crippen LogP contribution in [-0.4, -0.2) is 60.5 Å². The summed E-state index contributed by atoms with van der Waals surface area (Å²) in [4.78, 5) is 37.0. The summed E-state index contributed by atoms with van der Waals surface area (Å²) < 4.78 is 17.0. The minimum absolute atomic E-state index is 0.108. The maximum absolute atomic E-state index is 13.6. The predicted octanol–water partition coefficient (Wildman–Crippen LogP) is 6.21. The number of rotatable bonds is 10. The molecule has 1 heterocycles. The molecule has 1 saturated carbocycles. The molecule has 1 aliphatic rings. The van der Waals surface area contributed by atoms with E-state index in [-0.39, 0.29) is 36.4 Å². The summed E-state index contributed by atoms with van der Waals surface area (Å²) in [7, 11) is 1.57. The van der Waals surface area contributed by atoms with E-state index < -0.39 is 11.7 Å². The first-order valence-electron chi connectivity index (χ1n) is 14.5. The molecule has 0 unspecified atom stereocenters. The van der Waals surface area contributed by atoms with E-state index >= 15 is 0 Å². The molecule has 0 spiro atoms. The van der Waals surface area contributed by atoms with E-state index in [4.69, 9.17) is 14.2 Å². The van der Waals surface area contributed by atoms with Gasteiger partial charge >= 0.3 is 6.09 Å². The fourth-order valence-corrected chi connectivity index (χ4v) is 4.96. The molecule has 43 heavy (non-hydrogen) atoms. The van der Waals surface area contributed by atoms with Gasteiger partial charge in [0.2, 0.25) is 0 Å². The van der Waals surface area contributed by atoms with Gasteiger partial charge in [-0.05, 0) is 57.2 Å². The smallest absolute Gasteiger partial charge is 0.415 e. The summed E-state index contributed by atoms with van der Waals surface area (Å²) in [5.41, 5.74) is 0.712. The van der Waals surface area contributed by atoms with Crippen LogP contribution in [0.3, 0.4) is 0 Å². The molecule has 1 aliphatic carbocycles. The quantitative estimate of drug-likeness (QED) is 0.220. The molecule has 10 heteroatoms. The number of benzene rings is 2. The van der Waals surface area contributed by atoms with Gasteiger partial charge in [-0.1, -0.05) is 44.0 Å². The number of carbonyl (C=O) groups is 2. The maximum atomic E-state index is 13.6. The van der Waals surface area contributed by atoms with Crippen LogP contribution in [0.5, 0.6) is 5.75 Å². The SMILES string of the molecule is C=C(C#N)CN(C(=O)OC(C)(C)C)c1c(OCCOC)ccc2ccc(-c3nccc(C(=O)NC4CCCCC4)n3)cc12. The van der Waals surface area contributed by atoms with Gasteiger partial charge < -0.3 is 19.5 Å². The molecule has 1 aromatic heterocycles. The lowest BCUT2D eigenvalue weighted by Crippen LogP contribution is -2.38. The highest BCUT2D eigenvalue weighted by atomic mass is 16.6. The Balaban J connectivity index is 1.80. The van der Waals surface area contributed by atoms with Crippen LogP contribution in [-0.2, 0) is 9.47 Å². The molecule has 0 aliphatic heterocycles. The molecule has 0 radical (unpaired) electrons. The Morgan fingerprint density at radius 3 is 2.56 bits per heavy atom. The first-order chi connectivity index (χ1) is 20.6. The molecule has 2 amide bonds. The van der Waals surface area contributed by atoms with E-state index in [0.717, 1.165) is 31.1 Å². The van der Waals surface area contributed by atoms with Crippen molar-refractivity contribution in [3.05, 3.63) is 60.4 Å². The number of amides is 2. The van der Waals surface area contributed by atoms with Crippen molar-refractivity contribution in [3.63, 3.8) is 0 Å². The summed E-state index contributed by atoms with van der Waals surface area (Å²) in [6.45, 7) is 9.58. The van der Waals surface area contributed by atoms with Crippen LogP contribution in [0.4, 0.5) is 10.5 Å². The number of hydrogen-bond donors (Lipinski definition) is 1. The molecule has 0 saturated heterocycles. The highest BCUT2D eigenvalue weighted by molar-refractivity contribution is 6.06. The summed E-state index contributed by atoms with van der Waals surface area (Å²) in [5, 5.41) is 14.1. The monoisotopic (exact) mass is 585 g/mol. The van der Waals surface area contributed by atoms with Crippen molar-refractivity contribution < 1.29 is 23.8 Å². The summed E-state index contributed by atoms with van der Waals surface area (Å²) in [6.07, 6.45) is 6.27. The minimum Gasteiger partial charge on any atom is -0.489 e. The van der Waals surface area contributed by atoms with Crippen LogP contribution in [0.25, 0.3) is 22.2 Å². The number of fused-ring (bicyclic) bond motifs is 1. The normalized spacial score (nSPS) is 13.7. The van der Waals surface area contributed by atoms with Crippen molar-refractivity contribution in [2.24, 2.45) is 0 Å². The number of hydrogen-bond acceptors (Lipinski definition) is 8. The topological polar surface area (TPSA) is 127 Å². The lowest BCUT2D eigenvalue weighted by molar-refractivity contribution is 0.0582. The van der Waals surface area contributed by atoms with Gasteiger partial charge in [-0.2, -0.15) is 5.26 Å². The largest absolute Gasteiger partial charge is 0.489 e. The number of nitrogens with zero attached hydrogens (tertiary/aromatic N) is 4. The van der Waals surface area contributed by atoms with Gasteiger partial charge in [0.1, 0.15) is 23.7 Å². The lowest BCUT2D eigenvalue weighted by atomic mass is 9.95. The van der Waals surface area contributed by atoms with E-state index in [0.29, 0.717) is 34.8 Å². The van der Waals surface area contributed by atoms with Gasteiger partial charge in [-0.3, -0.25) is 9.69 Å². The Labute approximate surface area is 252 Å². The van der Waals surface area contributed by atoms with Crippen LogP contribution >= 0.6 is 0 Å². The molecule has 226 valence electrons. The Bertz CT molecular complexity index is 1520. The Kier molecular flexibility index (Phi) is 10.3. The predicted molar refractivity (Wildman–Crippen MR) is 165 cm³/mol. The van der Waals surface area contributed by atoms with E-state index in [1.807, 2.05) is 30.3 Å². The molecule has 0 bridgehead atoms. The molecule has 3 aromatic rings. The first kappa shape index (κ1) is 31.4. The third kappa shape index (κ3) is 8.30. The average Bonchev–Trinajstić information content (AvgIpc) is 2.99. The zero-order valence-electron chi connectivity index (χ0n) is 25.3. The van der Waals surface area contributed by atoms with E-state index in [1.54, 1.807) is 46.2 Å². The van der Waals surface area contributed by atoms with Crippen molar-refractivity contribution in [1.29, 1.82) is 5.26 Å². The highest BCUT2D eigenvalue weighted by Crippen LogP contribution is 2.39. The Morgan fingerprint density at radius 2 is 1.86 bits per heavy atom.